The molecule has 2 fully saturated rings. The first-order valence-electron chi connectivity index (χ1n) is 9.68. The van der Waals surface area contributed by atoms with Gasteiger partial charge >= 0.3 is 0 Å². The van der Waals surface area contributed by atoms with Crippen LogP contribution in [-0.4, -0.2) is 42.3 Å². The maximum Gasteiger partial charge on any atom is 0.227 e. The van der Waals surface area contributed by atoms with E-state index in [0.717, 1.165) is 49.8 Å². The second-order valence-corrected chi connectivity index (χ2v) is 8.00. The fourth-order valence-electron chi connectivity index (χ4n) is 4.34. The van der Waals surface area contributed by atoms with Crippen molar-refractivity contribution in [3.63, 3.8) is 0 Å². The Bertz CT molecular complexity index is 646. The maximum absolute atomic E-state index is 12.9. The van der Waals surface area contributed by atoms with E-state index in [2.05, 4.69) is 0 Å². The molecule has 1 aromatic carbocycles. The number of likely N-dealkylation sites (tertiary alicyclic amines) is 1. The zero-order chi connectivity index (χ0) is 18.7. The number of hydrogen-bond acceptors (Lipinski definition) is 4. The van der Waals surface area contributed by atoms with E-state index in [1.54, 1.807) is 7.11 Å². The summed E-state index contributed by atoms with van der Waals surface area (Å²) >= 11 is 0. The number of nitrogens with zero attached hydrogens (tertiary/aromatic N) is 1. The van der Waals surface area contributed by atoms with E-state index >= 15 is 0 Å². The summed E-state index contributed by atoms with van der Waals surface area (Å²) in [6.07, 6.45) is 5.44. The number of carbonyl (C=O) groups excluding carboxylic acids is 2. The van der Waals surface area contributed by atoms with E-state index in [9.17, 15) is 9.59 Å². The largest absolute Gasteiger partial charge is 0.497 e. The first-order valence-corrected chi connectivity index (χ1v) is 9.68. The molecule has 1 aliphatic carbocycles. The first-order chi connectivity index (χ1) is 12.4. The lowest BCUT2D eigenvalue weighted by Gasteiger charge is -2.41. The van der Waals surface area contributed by atoms with Gasteiger partial charge in [0.25, 0.3) is 0 Å². The Balaban J connectivity index is 1.58. The predicted octanol–water partition coefficient (Wildman–Crippen LogP) is 3.02. The summed E-state index contributed by atoms with van der Waals surface area (Å²) in [5.74, 6) is 1.01. The number of benzene rings is 1. The molecule has 5 heteroatoms. The lowest BCUT2D eigenvalue weighted by atomic mass is 9.73. The standard InChI is InChI=1S/C21H30N2O3/c1-21(22)12-4-3-5-18(21)20(25)23-13-10-16(11-14-23)19(24)15-6-8-17(26-2)9-7-15/h6-9,16,18H,3-5,10-14,22H2,1-2H3. The highest BCUT2D eigenvalue weighted by Gasteiger charge is 2.40. The molecule has 1 amide bonds. The van der Waals surface area contributed by atoms with Crippen LogP contribution >= 0.6 is 0 Å². The molecule has 0 spiro atoms. The molecule has 1 saturated carbocycles. The molecule has 26 heavy (non-hydrogen) atoms. The molecule has 0 radical (unpaired) electrons. The monoisotopic (exact) mass is 358 g/mol. The van der Waals surface area contributed by atoms with E-state index in [1.165, 1.54) is 0 Å². The third-order valence-corrected chi connectivity index (χ3v) is 6.10. The van der Waals surface area contributed by atoms with Crippen LogP contribution in [0, 0.1) is 11.8 Å². The van der Waals surface area contributed by atoms with E-state index in [0.29, 0.717) is 13.1 Å². The number of nitrogens with two attached hydrogens (primary N) is 1. The average molecular weight is 358 g/mol. The second-order valence-electron chi connectivity index (χ2n) is 8.00. The van der Waals surface area contributed by atoms with Gasteiger partial charge in [-0.2, -0.15) is 0 Å². The summed E-state index contributed by atoms with van der Waals surface area (Å²) in [4.78, 5) is 27.6. The molecule has 2 N–H and O–H groups in total. The number of ether oxygens (including phenoxy) is 1. The predicted molar refractivity (Wildman–Crippen MR) is 101 cm³/mol. The fraction of sp³-hybridized carbons (Fsp3) is 0.619. The lowest BCUT2D eigenvalue weighted by molar-refractivity contribution is -0.140. The Morgan fingerprint density at radius 2 is 1.77 bits per heavy atom. The molecule has 1 aromatic rings. The van der Waals surface area contributed by atoms with Crippen LogP contribution in [0.2, 0.25) is 0 Å². The minimum atomic E-state index is -0.398. The normalized spacial score (nSPS) is 27.2. The van der Waals surface area contributed by atoms with Crippen molar-refractivity contribution in [1.29, 1.82) is 0 Å². The van der Waals surface area contributed by atoms with Crippen LogP contribution in [0.25, 0.3) is 0 Å². The van der Waals surface area contributed by atoms with Gasteiger partial charge in [-0.25, -0.2) is 0 Å². The van der Waals surface area contributed by atoms with Gasteiger partial charge in [-0.15, -0.1) is 0 Å². The Hall–Kier alpha value is -1.88. The molecule has 1 saturated heterocycles. The van der Waals surface area contributed by atoms with Crippen molar-refractivity contribution in [2.75, 3.05) is 20.2 Å². The summed E-state index contributed by atoms with van der Waals surface area (Å²) in [6, 6.07) is 7.27. The quantitative estimate of drug-likeness (QED) is 0.840. The summed E-state index contributed by atoms with van der Waals surface area (Å²) < 4.78 is 5.14. The van der Waals surface area contributed by atoms with Gasteiger partial charge in [0, 0.05) is 30.1 Å². The molecule has 142 valence electrons. The number of carbonyl (C=O) groups is 2. The van der Waals surface area contributed by atoms with E-state index < -0.39 is 5.54 Å². The number of amides is 1. The van der Waals surface area contributed by atoms with Crippen molar-refractivity contribution in [1.82, 2.24) is 4.90 Å². The van der Waals surface area contributed by atoms with Crippen molar-refractivity contribution in [3.05, 3.63) is 29.8 Å². The van der Waals surface area contributed by atoms with Gasteiger partial charge in [-0.1, -0.05) is 12.8 Å². The van der Waals surface area contributed by atoms with Gasteiger partial charge in [-0.05, 0) is 56.9 Å². The number of methoxy groups -OCH3 is 1. The molecular formula is C21H30N2O3. The van der Waals surface area contributed by atoms with Crippen LogP contribution in [0.5, 0.6) is 5.75 Å². The molecule has 2 atom stereocenters. The molecule has 5 nitrogen and oxygen atoms in total. The Labute approximate surface area is 155 Å². The number of piperidine rings is 1. The number of Topliss-reactive ketones (excluding diaryl/α,β-unsaturated/α-hetero) is 1. The minimum absolute atomic E-state index is 0.0111. The van der Waals surface area contributed by atoms with Crippen molar-refractivity contribution >= 4 is 11.7 Å². The number of rotatable bonds is 4. The Morgan fingerprint density at radius 1 is 1.12 bits per heavy atom. The highest BCUT2D eigenvalue weighted by atomic mass is 16.5. The van der Waals surface area contributed by atoms with Crippen LogP contribution in [0.4, 0.5) is 0 Å². The van der Waals surface area contributed by atoms with Gasteiger partial charge in [0.1, 0.15) is 5.75 Å². The minimum Gasteiger partial charge on any atom is -0.497 e. The van der Waals surface area contributed by atoms with Crippen LogP contribution in [0.15, 0.2) is 24.3 Å². The Morgan fingerprint density at radius 3 is 2.35 bits per heavy atom. The maximum atomic E-state index is 12.9. The third-order valence-electron chi connectivity index (χ3n) is 6.10. The van der Waals surface area contributed by atoms with E-state index in [4.69, 9.17) is 10.5 Å². The first kappa shape index (κ1) is 18.9. The van der Waals surface area contributed by atoms with Crippen LogP contribution in [0.1, 0.15) is 55.8 Å². The topological polar surface area (TPSA) is 72.6 Å². The van der Waals surface area contributed by atoms with Crippen LogP contribution in [-0.2, 0) is 4.79 Å². The van der Waals surface area contributed by atoms with Crippen molar-refractivity contribution in [2.24, 2.45) is 17.6 Å². The average Bonchev–Trinajstić information content (AvgIpc) is 2.67. The van der Waals surface area contributed by atoms with Crippen molar-refractivity contribution < 1.29 is 14.3 Å². The highest BCUT2D eigenvalue weighted by molar-refractivity contribution is 5.98. The molecule has 2 aliphatic rings. The lowest BCUT2D eigenvalue weighted by Crippen LogP contribution is -2.55. The zero-order valence-corrected chi connectivity index (χ0v) is 15.9. The van der Waals surface area contributed by atoms with E-state index in [1.807, 2.05) is 36.1 Å². The number of ketones is 1. The van der Waals surface area contributed by atoms with Crippen molar-refractivity contribution in [2.45, 2.75) is 51.0 Å². The van der Waals surface area contributed by atoms with Crippen LogP contribution in [0.3, 0.4) is 0 Å². The summed E-state index contributed by atoms with van der Waals surface area (Å²) in [6.45, 7) is 3.31. The fourth-order valence-corrected chi connectivity index (χ4v) is 4.34. The second kappa shape index (κ2) is 7.78. The highest BCUT2D eigenvalue weighted by Crippen LogP contribution is 2.34. The van der Waals surface area contributed by atoms with Crippen LogP contribution < -0.4 is 10.5 Å². The molecular weight excluding hydrogens is 328 g/mol. The zero-order valence-electron chi connectivity index (χ0n) is 15.9. The summed E-state index contributed by atoms with van der Waals surface area (Å²) in [5.41, 5.74) is 6.72. The van der Waals surface area contributed by atoms with Gasteiger partial charge in [0.05, 0.1) is 13.0 Å². The summed E-state index contributed by atoms with van der Waals surface area (Å²) in [7, 11) is 1.61. The van der Waals surface area contributed by atoms with Gasteiger partial charge in [0.15, 0.2) is 5.78 Å². The Kier molecular flexibility index (Phi) is 5.66. The molecule has 0 bridgehead atoms. The third kappa shape index (κ3) is 3.93. The molecule has 3 rings (SSSR count). The molecule has 1 aliphatic heterocycles. The smallest absolute Gasteiger partial charge is 0.227 e. The molecule has 2 unspecified atom stereocenters. The van der Waals surface area contributed by atoms with Gasteiger partial charge in [0.2, 0.25) is 5.91 Å². The van der Waals surface area contributed by atoms with Gasteiger partial charge < -0.3 is 15.4 Å². The molecule has 1 heterocycles. The summed E-state index contributed by atoms with van der Waals surface area (Å²) in [5, 5.41) is 0. The molecule has 0 aromatic heterocycles. The van der Waals surface area contributed by atoms with Crippen molar-refractivity contribution in [3.8, 4) is 5.75 Å². The number of hydrogen-bond donors (Lipinski definition) is 1. The van der Waals surface area contributed by atoms with Gasteiger partial charge in [-0.3, -0.25) is 9.59 Å². The SMILES string of the molecule is COc1ccc(C(=O)C2CCN(C(=O)C3CCCCC3(C)N)CC2)cc1. The van der Waals surface area contributed by atoms with E-state index in [-0.39, 0.29) is 23.5 Å².